The maximum Gasteiger partial charge on any atom is 0.310 e. The van der Waals surface area contributed by atoms with Crippen molar-refractivity contribution in [2.45, 2.75) is 34.3 Å². The molecular formula is C23H30N2O6. The van der Waals surface area contributed by atoms with E-state index in [2.05, 4.69) is 5.16 Å². The van der Waals surface area contributed by atoms with Crippen LogP contribution in [-0.2, 0) is 20.9 Å². The Morgan fingerprint density at radius 1 is 1.23 bits per heavy atom. The number of ether oxygens (including phenoxy) is 3. The maximum absolute atomic E-state index is 12.5. The Morgan fingerprint density at radius 2 is 1.97 bits per heavy atom. The zero-order valence-corrected chi connectivity index (χ0v) is 18.9. The summed E-state index contributed by atoms with van der Waals surface area (Å²) in [5, 5.41) is 3.92. The van der Waals surface area contributed by atoms with Gasteiger partial charge in [-0.05, 0) is 44.5 Å². The minimum atomic E-state index is -0.392. The van der Waals surface area contributed by atoms with Gasteiger partial charge in [-0.1, -0.05) is 18.1 Å². The number of benzene rings is 1. The van der Waals surface area contributed by atoms with Crippen LogP contribution in [0.15, 0.2) is 28.8 Å². The van der Waals surface area contributed by atoms with Crippen molar-refractivity contribution in [3.05, 3.63) is 46.9 Å². The molecule has 1 heterocycles. The van der Waals surface area contributed by atoms with E-state index in [1.807, 2.05) is 26.8 Å². The number of aromatic nitrogens is 1. The number of rotatable bonds is 10. The molecule has 0 radical (unpaired) electrons. The van der Waals surface area contributed by atoms with Crippen LogP contribution in [0, 0.1) is 19.8 Å². The predicted molar refractivity (Wildman–Crippen MR) is 116 cm³/mol. The second-order valence-electron chi connectivity index (χ2n) is 7.14. The number of nitrogens with zero attached hydrogens (tertiary/aromatic N) is 2. The van der Waals surface area contributed by atoms with Crippen LogP contribution >= 0.6 is 0 Å². The Kier molecular flexibility index (Phi) is 8.66. The molecule has 8 nitrogen and oxygen atoms in total. The summed E-state index contributed by atoms with van der Waals surface area (Å²) >= 11 is 0. The van der Waals surface area contributed by atoms with Gasteiger partial charge in [-0.3, -0.25) is 9.59 Å². The molecule has 0 fully saturated rings. The Balaban J connectivity index is 2.06. The summed E-state index contributed by atoms with van der Waals surface area (Å²) in [6.45, 7) is 8.40. The molecule has 168 valence electrons. The number of hydrogen-bond acceptors (Lipinski definition) is 7. The fraction of sp³-hybridized carbons (Fsp3) is 0.435. The number of methoxy groups -OCH3 is 2. The topological polar surface area (TPSA) is 91.1 Å². The molecule has 1 amide bonds. The monoisotopic (exact) mass is 430 g/mol. The van der Waals surface area contributed by atoms with Crippen LogP contribution in [0.4, 0.5) is 0 Å². The fourth-order valence-corrected chi connectivity index (χ4v) is 3.02. The van der Waals surface area contributed by atoms with Crippen molar-refractivity contribution in [1.29, 1.82) is 0 Å². The van der Waals surface area contributed by atoms with Crippen LogP contribution in [0.1, 0.15) is 36.4 Å². The molecule has 0 bridgehead atoms. The van der Waals surface area contributed by atoms with E-state index in [1.54, 1.807) is 37.1 Å². The lowest BCUT2D eigenvalue weighted by molar-refractivity contribution is -0.146. The number of likely N-dealkylation sites (N-methyl/N-ethyl adjacent to an activating group) is 1. The third-order valence-electron chi connectivity index (χ3n) is 4.95. The average molecular weight is 431 g/mol. The molecule has 0 saturated heterocycles. The first-order chi connectivity index (χ1) is 14.8. The fourth-order valence-electron chi connectivity index (χ4n) is 3.02. The van der Waals surface area contributed by atoms with Gasteiger partial charge in [-0.15, -0.1) is 0 Å². The molecule has 8 heteroatoms. The minimum absolute atomic E-state index is 0.184. The Hall–Kier alpha value is -3.29. The van der Waals surface area contributed by atoms with Crippen LogP contribution < -0.4 is 9.47 Å². The minimum Gasteiger partial charge on any atom is -0.493 e. The van der Waals surface area contributed by atoms with Crippen molar-refractivity contribution in [3.63, 3.8) is 0 Å². The van der Waals surface area contributed by atoms with Crippen molar-refractivity contribution >= 4 is 18.0 Å². The van der Waals surface area contributed by atoms with Gasteiger partial charge in [0.1, 0.15) is 12.4 Å². The largest absolute Gasteiger partial charge is 0.493 e. The highest BCUT2D eigenvalue weighted by atomic mass is 16.5. The highest BCUT2D eigenvalue weighted by Crippen LogP contribution is 2.30. The molecule has 0 aliphatic heterocycles. The number of carbonyl (C=O) groups excluding carboxylic acids is 2. The highest BCUT2D eigenvalue weighted by molar-refractivity contribution is 5.92. The molecule has 1 aromatic carbocycles. The molecule has 0 aliphatic carbocycles. The summed E-state index contributed by atoms with van der Waals surface area (Å²) in [7, 11) is 2.90. The van der Waals surface area contributed by atoms with Crippen molar-refractivity contribution in [3.8, 4) is 11.5 Å². The summed E-state index contributed by atoms with van der Waals surface area (Å²) in [6.07, 6.45) is 3.18. The van der Waals surface area contributed by atoms with Gasteiger partial charge >= 0.3 is 5.97 Å². The SMILES string of the molecule is CCN(CC(C)C(=O)OC)C(=O)/C=C/c1ccc(OCc2c(C)noc2C)c(OC)c1. The van der Waals surface area contributed by atoms with Crippen LogP contribution in [0.3, 0.4) is 0 Å². The Morgan fingerprint density at radius 3 is 2.55 bits per heavy atom. The van der Waals surface area contributed by atoms with Crippen molar-refractivity contribution in [2.75, 3.05) is 27.3 Å². The van der Waals surface area contributed by atoms with E-state index in [0.29, 0.717) is 31.2 Å². The third-order valence-corrected chi connectivity index (χ3v) is 4.95. The second kappa shape index (κ2) is 11.2. The molecule has 1 aromatic heterocycles. The van der Waals surface area contributed by atoms with Crippen molar-refractivity contribution in [1.82, 2.24) is 10.1 Å². The van der Waals surface area contributed by atoms with Gasteiger partial charge < -0.3 is 23.6 Å². The number of hydrogen-bond donors (Lipinski definition) is 0. The standard InChI is InChI=1S/C23H30N2O6/c1-7-25(13-15(2)23(27)29-6)22(26)11-9-18-8-10-20(21(12-18)28-5)30-14-19-16(3)24-31-17(19)4/h8-12,15H,7,13-14H2,1-6H3/b11-9+. The molecule has 0 aliphatic rings. The second-order valence-corrected chi connectivity index (χ2v) is 7.14. The summed E-state index contributed by atoms with van der Waals surface area (Å²) in [5.74, 6) is 0.928. The maximum atomic E-state index is 12.5. The van der Waals surface area contributed by atoms with E-state index in [0.717, 1.165) is 22.6 Å². The van der Waals surface area contributed by atoms with Gasteiger partial charge in [0.15, 0.2) is 11.5 Å². The molecule has 0 saturated carbocycles. The van der Waals surface area contributed by atoms with E-state index in [-0.39, 0.29) is 11.9 Å². The van der Waals surface area contributed by atoms with E-state index < -0.39 is 5.92 Å². The summed E-state index contributed by atoms with van der Waals surface area (Å²) in [4.78, 5) is 25.7. The van der Waals surface area contributed by atoms with Crippen LogP contribution in [0.5, 0.6) is 11.5 Å². The quantitative estimate of drug-likeness (QED) is 0.420. The van der Waals surface area contributed by atoms with Gasteiger partial charge in [-0.25, -0.2) is 0 Å². The smallest absolute Gasteiger partial charge is 0.310 e. The molecular weight excluding hydrogens is 400 g/mol. The van der Waals surface area contributed by atoms with E-state index >= 15 is 0 Å². The number of carbonyl (C=O) groups is 2. The average Bonchev–Trinajstić information content (AvgIpc) is 3.10. The first-order valence-corrected chi connectivity index (χ1v) is 10.1. The van der Waals surface area contributed by atoms with Gasteiger partial charge in [0.25, 0.3) is 0 Å². The highest BCUT2D eigenvalue weighted by Gasteiger charge is 2.19. The lowest BCUT2D eigenvalue weighted by atomic mass is 10.1. The molecule has 2 rings (SSSR count). The van der Waals surface area contributed by atoms with Gasteiger partial charge in [0, 0.05) is 19.2 Å². The van der Waals surface area contributed by atoms with Crippen LogP contribution in [0.2, 0.25) is 0 Å². The molecule has 0 N–H and O–H groups in total. The summed E-state index contributed by atoms with van der Waals surface area (Å²) in [5.41, 5.74) is 2.47. The zero-order valence-electron chi connectivity index (χ0n) is 18.9. The normalized spacial score (nSPS) is 11.9. The van der Waals surface area contributed by atoms with Gasteiger partial charge in [0.2, 0.25) is 5.91 Å². The van der Waals surface area contributed by atoms with Crippen molar-refractivity contribution in [2.24, 2.45) is 5.92 Å². The molecule has 2 aromatic rings. The first-order valence-electron chi connectivity index (χ1n) is 10.1. The lowest BCUT2D eigenvalue weighted by Gasteiger charge is -2.22. The Labute approximate surface area is 182 Å². The van der Waals surface area contributed by atoms with E-state index in [4.69, 9.17) is 18.7 Å². The molecule has 0 spiro atoms. The van der Waals surface area contributed by atoms with Crippen molar-refractivity contribution < 1.29 is 28.3 Å². The van der Waals surface area contributed by atoms with Gasteiger partial charge in [-0.2, -0.15) is 0 Å². The number of amides is 1. The first kappa shape index (κ1) is 24.0. The predicted octanol–water partition coefficient (Wildman–Crippen LogP) is 3.55. The zero-order chi connectivity index (χ0) is 23.0. The van der Waals surface area contributed by atoms with Crippen LogP contribution in [-0.4, -0.2) is 49.2 Å². The molecule has 1 unspecified atom stereocenters. The molecule has 1 atom stereocenters. The van der Waals surface area contributed by atoms with Gasteiger partial charge in [0.05, 0.1) is 31.4 Å². The van der Waals surface area contributed by atoms with Crippen LogP contribution in [0.25, 0.3) is 6.08 Å². The summed E-state index contributed by atoms with van der Waals surface area (Å²) in [6, 6.07) is 5.42. The number of esters is 1. The summed E-state index contributed by atoms with van der Waals surface area (Å²) < 4.78 is 21.2. The van der Waals surface area contributed by atoms with E-state index in [1.165, 1.54) is 13.2 Å². The lowest BCUT2D eigenvalue weighted by Crippen LogP contribution is -2.36. The molecule has 31 heavy (non-hydrogen) atoms. The Bertz CT molecular complexity index is 915. The third kappa shape index (κ3) is 6.34. The number of aryl methyl sites for hydroxylation is 2. The van der Waals surface area contributed by atoms with E-state index in [9.17, 15) is 9.59 Å².